The van der Waals surface area contributed by atoms with Gasteiger partial charge in [-0.2, -0.15) is 5.26 Å². The Balaban J connectivity index is 4.45. The van der Waals surface area contributed by atoms with Gasteiger partial charge in [-0.15, -0.1) is 0 Å². The van der Waals surface area contributed by atoms with Crippen LogP contribution in [0.2, 0.25) is 0 Å². The van der Waals surface area contributed by atoms with Gasteiger partial charge in [0.25, 0.3) is 0 Å². The quantitative estimate of drug-likeness (QED) is 0.245. The maximum atomic E-state index is 11.9. The first-order valence-electron chi connectivity index (χ1n) is 7.94. The molecule has 22 heavy (non-hydrogen) atoms. The van der Waals surface area contributed by atoms with Gasteiger partial charge in [0.2, 0.25) is 0 Å². The first-order chi connectivity index (χ1) is 10.7. The van der Waals surface area contributed by atoms with Gasteiger partial charge in [0, 0.05) is 32.7 Å². The third kappa shape index (κ3) is 10.1. The Kier molecular flexibility index (Phi) is 13.2. The summed E-state index contributed by atoms with van der Waals surface area (Å²) in [5.74, 6) is -0.158. The highest BCUT2D eigenvalue weighted by molar-refractivity contribution is 5.99. The molecule has 1 N–H and O–H groups in total. The van der Waals surface area contributed by atoms with Crippen molar-refractivity contribution in [3.63, 3.8) is 0 Å². The number of allylic oxidation sites excluding steroid dienone is 3. The van der Waals surface area contributed by atoms with Crippen molar-refractivity contribution in [1.82, 2.24) is 4.90 Å². The number of Topliss-reactive ketones (excluding diaryl/α,β-unsaturated/α-hetero) is 1. The highest BCUT2D eigenvalue weighted by atomic mass is 16.5. The number of rotatable bonds is 13. The fourth-order valence-electron chi connectivity index (χ4n) is 1.82. The number of carbonyl (C=O) groups excluding carboxylic acids is 1. The van der Waals surface area contributed by atoms with Crippen molar-refractivity contribution < 1.29 is 14.6 Å². The van der Waals surface area contributed by atoms with Gasteiger partial charge in [-0.25, -0.2) is 0 Å². The van der Waals surface area contributed by atoms with Gasteiger partial charge in [0.1, 0.15) is 6.07 Å². The molecular weight excluding hydrogens is 280 g/mol. The van der Waals surface area contributed by atoms with E-state index in [0.29, 0.717) is 32.6 Å². The third-order valence-electron chi connectivity index (χ3n) is 3.06. The number of carbonyl (C=O) groups is 1. The van der Waals surface area contributed by atoms with E-state index in [9.17, 15) is 4.79 Å². The molecule has 0 saturated carbocycles. The Morgan fingerprint density at radius 3 is 2.68 bits per heavy atom. The minimum absolute atomic E-state index is 0.0826. The van der Waals surface area contributed by atoms with Gasteiger partial charge in [-0.1, -0.05) is 13.3 Å². The average Bonchev–Trinajstić information content (AvgIpc) is 2.53. The van der Waals surface area contributed by atoms with Crippen molar-refractivity contribution in [1.29, 1.82) is 5.26 Å². The highest BCUT2D eigenvalue weighted by Gasteiger charge is 2.07. The Hall–Kier alpha value is -1.64. The summed E-state index contributed by atoms with van der Waals surface area (Å²) in [6.07, 6.45) is 8.12. The van der Waals surface area contributed by atoms with E-state index >= 15 is 0 Å². The maximum Gasteiger partial charge on any atom is 0.173 e. The van der Waals surface area contributed by atoms with Crippen LogP contribution < -0.4 is 0 Å². The molecule has 0 spiro atoms. The molecule has 0 aliphatic heterocycles. The summed E-state index contributed by atoms with van der Waals surface area (Å²) >= 11 is 0. The van der Waals surface area contributed by atoms with Crippen molar-refractivity contribution >= 4 is 5.78 Å². The van der Waals surface area contributed by atoms with Crippen LogP contribution in [0.1, 0.15) is 39.5 Å². The lowest BCUT2D eigenvalue weighted by atomic mass is 10.1. The second-order valence-corrected chi connectivity index (χ2v) is 4.87. The number of nitriles is 1. The van der Waals surface area contributed by atoms with Crippen molar-refractivity contribution in [3.8, 4) is 6.07 Å². The number of aliphatic hydroxyl groups is 1. The van der Waals surface area contributed by atoms with E-state index < -0.39 is 0 Å². The molecule has 0 atom stereocenters. The zero-order chi connectivity index (χ0) is 16.6. The Morgan fingerprint density at radius 1 is 1.32 bits per heavy atom. The number of ketones is 1. The number of hydrogen-bond donors (Lipinski definition) is 1. The average molecular weight is 308 g/mol. The monoisotopic (exact) mass is 308 g/mol. The maximum absolute atomic E-state index is 11.9. The lowest BCUT2D eigenvalue weighted by molar-refractivity contribution is -0.115. The number of nitrogens with zero attached hydrogens (tertiary/aromatic N) is 2. The minimum atomic E-state index is -0.158. The van der Waals surface area contributed by atoms with Crippen molar-refractivity contribution in [2.75, 3.05) is 32.9 Å². The third-order valence-corrected chi connectivity index (χ3v) is 3.06. The molecular formula is C17H28N2O3. The van der Waals surface area contributed by atoms with Gasteiger partial charge in [-0.05, 0) is 38.1 Å². The summed E-state index contributed by atoms with van der Waals surface area (Å²) in [5, 5.41) is 18.1. The Labute approximate surface area is 133 Å². The van der Waals surface area contributed by atoms with E-state index in [4.69, 9.17) is 15.1 Å². The summed E-state index contributed by atoms with van der Waals surface area (Å²) in [6.45, 7) is 6.67. The van der Waals surface area contributed by atoms with Gasteiger partial charge >= 0.3 is 0 Å². The lowest BCUT2D eigenvalue weighted by Crippen LogP contribution is -2.22. The molecule has 0 rings (SSSR count). The van der Waals surface area contributed by atoms with Crippen molar-refractivity contribution in [2.45, 2.75) is 39.5 Å². The van der Waals surface area contributed by atoms with Gasteiger partial charge < -0.3 is 14.7 Å². The Bertz CT molecular complexity index is 397. The second-order valence-electron chi connectivity index (χ2n) is 4.87. The minimum Gasteiger partial charge on any atom is -0.395 e. The van der Waals surface area contributed by atoms with E-state index in [1.54, 1.807) is 12.2 Å². The largest absolute Gasteiger partial charge is 0.395 e. The van der Waals surface area contributed by atoms with Crippen LogP contribution >= 0.6 is 0 Å². The summed E-state index contributed by atoms with van der Waals surface area (Å²) in [5.41, 5.74) is 0.159. The number of ether oxygens (including phenoxy) is 1. The first-order valence-corrected chi connectivity index (χ1v) is 7.94. The fraction of sp³-hybridized carbons (Fsp3) is 0.647. The SMILES string of the molecule is CCCCN(/C=C/C=C(\C#N)C(=O)CCCOCC)CCO. The number of hydrogen-bond acceptors (Lipinski definition) is 5. The summed E-state index contributed by atoms with van der Waals surface area (Å²) < 4.78 is 5.18. The number of unbranched alkanes of at least 4 members (excludes halogenated alkanes) is 1. The molecule has 0 aromatic carbocycles. The number of aliphatic hydroxyl groups excluding tert-OH is 1. The van der Waals surface area contributed by atoms with Crippen LogP contribution in [0.5, 0.6) is 0 Å². The van der Waals surface area contributed by atoms with E-state index in [-0.39, 0.29) is 18.0 Å². The predicted octanol–water partition coefficient (Wildman–Crippen LogP) is 2.43. The van der Waals surface area contributed by atoms with Crippen LogP contribution in [0.15, 0.2) is 23.9 Å². The van der Waals surface area contributed by atoms with E-state index in [0.717, 1.165) is 19.4 Å². The standard InChI is InChI=1S/C17H28N2O3/c1-3-5-10-19(12-13-20)11-6-8-16(15-18)17(21)9-7-14-22-4-2/h6,8,11,20H,3-5,7,9-10,12-14H2,1-2H3/b11-6+,16-8+. The first kappa shape index (κ1) is 20.4. The molecule has 5 heteroatoms. The van der Waals surface area contributed by atoms with Crippen LogP contribution in [0, 0.1) is 11.3 Å². The van der Waals surface area contributed by atoms with E-state index in [2.05, 4.69) is 6.92 Å². The van der Waals surface area contributed by atoms with Gasteiger partial charge in [0.15, 0.2) is 5.78 Å². The Morgan fingerprint density at radius 2 is 2.09 bits per heavy atom. The molecule has 124 valence electrons. The molecule has 0 heterocycles. The van der Waals surface area contributed by atoms with E-state index in [1.165, 1.54) is 0 Å². The van der Waals surface area contributed by atoms with Crippen molar-refractivity contribution in [3.05, 3.63) is 23.9 Å². The molecule has 0 aliphatic rings. The fourth-order valence-corrected chi connectivity index (χ4v) is 1.82. The van der Waals surface area contributed by atoms with Crippen LogP contribution in [-0.2, 0) is 9.53 Å². The van der Waals surface area contributed by atoms with Crippen LogP contribution in [0.3, 0.4) is 0 Å². The summed E-state index contributed by atoms with van der Waals surface area (Å²) in [7, 11) is 0. The van der Waals surface area contributed by atoms with Crippen molar-refractivity contribution in [2.24, 2.45) is 0 Å². The normalized spacial score (nSPS) is 11.6. The smallest absolute Gasteiger partial charge is 0.173 e. The van der Waals surface area contributed by atoms with E-state index in [1.807, 2.05) is 24.1 Å². The predicted molar refractivity (Wildman–Crippen MR) is 87.1 cm³/mol. The molecule has 0 unspecified atom stereocenters. The summed E-state index contributed by atoms with van der Waals surface area (Å²) in [4.78, 5) is 13.9. The van der Waals surface area contributed by atoms with Crippen LogP contribution in [0.25, 0.3) is 0 Å². The molecule has 0 bridgehead atoms. The van der Waals surface area contributed by atoms with Gasteiger partial charge in [-0.3, -0.25) is 4.79 Å². The molecule has 5 nitrogen and oxygen atoms in total. The summed E-state index contributed by atoms with van der Waals surface area (Å²) in [6, 6.07) is 1.94. The lowest BCUT2D eigenvalue weighted by Gasteiger charge is -2.18. The zero-order valence-electron chi connectivity index (χ0n) is 13.8. The molecule has 0 amide bonds. The molecule has 0 aliphatic carbocycles. The molecule has 0 saturated heterocycles. The molecule has 0 aromatic rings. The highest BCUT2D eigenvalue weighted by Crippen LogP contribution is 2.04. The topological polar surface area (TPSA) is 73.6 Å². The van der Waals surface area contributed by atoms with Crippen LogP contribution in [0.4, 0.5) is 0 Å². The molecule has 0 aromatic heterocycles. The zero-order valence-corrected chi connectivity index (χ0v) is 13.8. The molecule has 0 fully saturated rings. The second kappa shape index (κ2) is 14.3. The molecule has 0 radical (unpaired) electrons. The van der Waals surface area contributed by atoms with Crippen LogP contribution in [-0.4, -0.2) is 48.7 Å². The van der Waals surface area contributed by atoms with Gasteiger partial charge in [0.05, 0.1) is 12.2 Å².